The number of anilines is 1. The van der Waals surface area contributed by atoms with E-state index >= 15 is 0 Å². The maximum atomic E-state index is 13.6. The summed E-state index contributed by atoms with van der Waals surface area (Å²) in [7, 11) is 1.58. The molecule has 4 rings (SSSR count). The fraction of sp³-hybridized carbons (Fsp3) is 0.240. The molecule has 0 saturated carbocycles. The number of benzene rings is 2. The van der Waals surface area contributed by atoms with Crippen LogP contribution in [0.2, 0.25) is 0 Å². The third-order valence-electron chi connectivity index (χ3n) is 5.21. The Balaban J connectivity index is 1.68. The number of ether oxygens (including phenoxy) is 1. The predicted molar refractivity (Wildman–Crippen MR) is 136 cm³/mol. The molecule has 4 aromatic rings. The molecule has 0 aliphatic carbocycles. The molecule has 8 heteroatoms. The standard InChI is InChI=1S/C25H25N3O3S2/c1-4-9-20-16(2)22-23(33-20)27-25(28(24(22)30)18-11-6-5-7-12-18)32-15-21(29)26-17-10-8-13-19(14-17)31-3/h5-8,10-14H,4,9,15H2,1-3H3,(H,26,29). The molecule has 2 aromatic heterocycles. The van der Waals surface area contributed by atoms with Gasteiger partial charge in [-0.1, -0.05) is 49.4 Å². The van der Waals surface area contributed by atoms with E-state index in [1.54, 1.807) is 35.1 Å². The lowest BCUT2D eigenvalue weighted by molar-refractivity contribution is -0.113. The molecule has 2 heterocycles. The topological polar surface area (TPSA) is 73.2 Å². The van der Waals surface area contributed by atoms with Gasteiger partial charge in [-0.2, -0.15) is 0 Å². The first-order valence-electron chi connectivity index (χ1n) is 10.7. The fourth-order valence-corrected chi connectivity index (χ4v) is 5.74. The highest BCUT2D eigenvalue weighted by atomic mass is 32.2. The zero-order chi connectivity index (χ0) is 23.4. The van der Waals surface area contributed by atoms with Crippen LogP contribution in [0.25, 0.3) is 15.9 Å². The quantitative estimate of drug-likeness (QED) is 0.269. The van der Waals surface area contributed by atoms with Gasteiger partial charge in [-0.3, -0.25) is 14.2 Å². The first-order chi connectivity index (χ1) is 16.0. The zero-order valence-corrected chi connectivity index (χ0v) is 20.4. The second-order valence-corrected chi connectivity index (χ2v) is 9.55. The number of amides is 1. The van der Waals surface area contributed by atoms with Crippen molar-refractivity contribution in [2.45, 2.75) is 31.8 Å². The van der Waals surface area contributed by atoms with Crippen LogP contribution in [-0.4, -0.2) is 28.3 Å². The molecule has 0 spiro atoms. The SMILES string of the molecule is CCCc1sc2nc(SCC(=O)Nc3cccc(OC)c3)n(-c3ccccc3)c(=O)c2c1C. The van der Waals surface area contributed by atoms with Crippen LogP contribution < -0.4 is 15.6 Å². The summed E-state index contributed by atoms with van der Waals surface area (Å²) in [5.41, 5.74) is 2.29. The number of methoxy groups -OCH3 is 1. The number of aryl methyl sites for hydroxylation is 2. The van der Waals surface area contributed by atoms with Crippen LogP contribution in [-0.2, 0) is 11.2 Å². The van der Waals surface area contributed by atoms with E-state index in [9.17, 15) is 9.59 Å². The number of hydrogen-bond donors (Lipinski definition) is 1. The monoisotopic (exact) mass is 479 g/mol. The van der Waals surface area contributed by atoms with Crippen molar-refractivity contribution in [2.24, 2.45) is 0 Å². The number of para-hydroxylation sites is 1. The Hall–Kier alpha value is -3.10. The number of thiophene rings is 1. The minimum atomic E-state index is -0.184. The molecule has 170 valence electrons. The van der Waals surface area contributed by atoms with Gasteiger partial charge in [0.05, 0.1) is 23.9 Å². The summed E-state index contributed by atoms with van der Waals surface area (Å²) in [6.45, 7) is 4.12. The van der Waals surface area contributed by atoms with Gasteiger partial charge in [-0.25, -0.2) is 4.98 Å². The van der Waals surface area contributed by atoms with Gasteiger partial charge in [0.2, 0.25) is 5.91 Å². The summed E-state index contributed by atoms with van der Waals surface area (Å²) in [6, 6.07) is 16.6. The van der Waals surface area contributed by atoms with Crippen molar-refractivity contribution in [1.29, 1.82) is 0 Å². The molecule has 0 bridgehead atoms. The average Bonchev–Trinajstić information content (AvgIpc) is 3.14. The fourth-order valence-electron chi connectivity index (χ4n) is 3.61. The van der Waals surface area contributed by atoms with Crippen molar-refractivity contribution < 1.29 is 9.53 Å². The highest BCUT2D eigenvalue weighted by Crippen LogP contribution is 2.31. The van der Waals surface area contributed by atoms with Crippen molar-refractivity contribution in [3.05, 3.63) is 75.4 Å². The Morgan fingerprint density at radius 1 is 1.18 bits per heavy atom. The van der Waals surface area contributed by atoms with Crippen molar-refractivity contribution in [3.63, 3.8) is 0 Å². The van der Waals surface area contributed by atoms with E-state index in [-0.39, 0.29) is 17.2 Å². The maximum Gasteiger partial charge on any atom is 0.267 e. The molecule has 0 radical (unpaired) electrons. The van der Waals surface area contributed by atoms with Crippen LogP contribution in [0.3, 0.4) is 0 Å². The van der Waals surface area contributed by atoms with Gasteiger partial charge in [0, 0.05) is 16.6 Å². The molecule has 0 aliphatic rings. The third kappa shape index (κ3) is 4.96. The number of hydrogen-bond acceptors (Lipinski definition) is 6. The van der Waals surface area contributed by atoms with Gasteiger partial charge < -0.3 is 10.1 Å². The van der Waals surface area contributed by atoms with Crippen molar-refractivity contribution in [2.75, 3.05) is 18.2 Å². The molecule has 0 fully saturated rings. The van der Waals surface area contributed by atoms with E-state index in [1.165, 1.54) is 16.6 Å². The number of nitrogens with one attached hydrogen (secondary N) is 1. The Bertz CT molecular complexity index is 1350. The number of rotatable bonds is 8. The highest BCUT2D eigenvalue weighted by molar-refractivity contribution is 7.99. The molecule has 0 saturated heterocycles. The molecular formula is C25H25N3O3S2. The Labute approximate surface area is 200 Å². The van der Waals surface area contributed by atoms with Gasteiger partial charge in [-0.05, 0) is 43.2 Å². The number of carbonyl (C=O) groups is 1. The number of carbonyl (C=O) groups excluding carboxylic acids is 1. The zero-order valence-electron chi connectivity index (χ0n) is 18.8. The Kier molecular flexibility index (Phi) is 7.15. The van der Waals surface area contributed by atoms with Crippen LogP contribution in [0, 0.1) is 6.92 Å². The summed E-state index contributed by atoms with van der Waals surface area (Å²) in [4.78, 5) is 33.0. The van der Waals surface area contributed by atoms with Gasteiger partial charge in [0.1, 0.15) is 10.6 Å². The second kappa shape index (κ2) is 10.2. The van der Waals surface area contributed by atoms with Crippen LogP contribution >= 0.6 is 23.1 Å². The van der Waals surface area contributed by atoms with E-state index in [1.807, 2.05) is 49.4 Å². The Morgan fingerprint density at radius 2 is 1.97 bits per heavy atom. The normalized spacial score (nSPS) is 11.0. The predicted octanol–water partition coefficient (Wildman–Crippen LogP) is 5.45. The van der Waals surface area contributed by atoms with Crippen molar-refractivity contribution >= 4 is 44.9 Å². The molecule has 2 aromatic carbocycles. The van der Waals surface area contributed by atoms with Gasteiger partial charge >= 0.3 is 0 Å². The Morgan fingerprint density at radius 3 is 2.70 bits per heavy atom. The summed E-state index contributed by atoms with van der Waals surface area (Å²) in [5.74, 6) is 0.603. The summed E-state index contributed by atoms with van der Waals surface area (Å²) in [6.07, 6.45) is 1.93. The number of aromatic nitrogens is 2. The van der Waals surface area contributed by atoms with Gasteiger partial charge in [0.25, 0.3) is 5.56 Å². The van der Waals surface area contributed by atoms with E-state index in [0.29, 0.717) is 22.0 Å². The van der Waals surface area contributed by atoms with Gasteiger partial charge in [0.15, 0.2) is 5.16 Å². The van der Waals surface area contributed by atoms with Gasteiger partial charge in [-0.15, -0.1) is 11.3 Å². The van der Waals surface area contributed by atoms with E-state index in [4.69, 9.17) is 9.72 Å². The smallest absolute Gasteiger partial charge is 0.267 e. The van der Waals surface area contributed by atoms with Crippen molar-refractivity contribution in [3.8, 4) is 11.4 Å². The first-order valence-corrected chi connectivity index (χ1v) is 12.5. The van der Waals surface area contributed by atoms with Crippen molar-refractivity contribution in [1.82, 2.24) is 9.55 Å². The molecule has 0 unspecified atom stereocenters. The molecule has 0 aliphatic heterocycles. The number of fused-ring (bicyclic) bond motifs is 1. The molecular weight excluding hydrogens is 454 g/mol. The molecule has 1 N–H and O–H groups in total. The third-order valence-corrected chi connectivity index (χ3v) is 7.39. The summed E-state index contributed by atoms with van der Waals surface area (Å²) >= 11 is 2.82. The summed E-state index contributed by atoms with van der Waals surface area (Å²) < 4.78 is 6.82. The van der Waals surface area contributed by atoms with Crippen LogP contribution in [0.4, 0.5) is 5.69 Å². The number of thioether (sulfide) groups is 1. The minimum Gasteiger partial charge on any atom is -0.497 e. The lowest BCUT2D eigenvalue weighted by Gasteiger charge is -2.12. The molecule has 0 atom stereocenters. The highest BCUT2D eigenvalue weighted by Gasteiger charge is 2.19. The summed E-state index contributed by atoms with van der Waals surface area (Å²) in [5, 5.41) is 4.04. The molecule has 1 amide bonds. The van der Waals surface area contributed by atoms with Crippen LogP contribution in [0.5, 0.6) is 5.75 Å². The lowest BCUT2D eigenvalue weighted by atomic mass is 10.1. The first kappa shape index (κ1) is 23.1. The van der Waals surface area contributed by atoms with E-state index in [0.717, 1.165) is 28.9 Å². The second-order valence-electron chi connectivity index (χ2n) is 7.52. The van der Waals surface area contributed by atoms with Crippen LogP contribution in [0.1, 0.15) is 23.8 Å². The largest absolute Gasteiger partial charge is 0.497 e. The lowest BCUT2D eigenvalue weighted by Crippen LogP contribution is -2.22. The van der Waals surface area contributed by atoms with Crippen LogP contribution in [0.15, 0.2) is 64.5 Å². The molecule has 33 heavy (non-hydrogen) atoms. The number of nitrogens with zero attached hydrogens (tertiary/aromatic N) is 2. The van der Waals surface area contributed by atoms with E-state index < -0.39 is 0 Å². The average molecular weight is 480 g/mol. The molecule has 6 nitrogen and oxygen atoms in total. The minimum absolute atomic E-state index is 0.0991. The van der Waals surface area contributed by atoms with E-state index in [2.05, 4.69) is 12.2 Å². The maximum absolute atomic E-state index is 13.6.